The Labute approximate surface area is 135 Å². The van der Waals surface area contributed by atoms with Crippen LogP contribution < -0.4 is 0 Å². The summed E-state index contributed by atoms with van der Waals surface area (Å²) < 4.78 is 2.15. The van der Waals surface area contributed by atoms with E-state index in [1.165, 1.54) is 0 Å². The molecule has 126 valence electrons. The lowest BCUT2D eigenvalue weighted by Gasteiger charge is -2.36. The van der Waals surface area contributed by atoms with Gasteiger partial charge >= 0.3 is 0 Å². The second-order valence-corrected chi connectivity index (χ2v) is 8.08. The summed E-state index contributed by atoms with van der Waals surface area (Å²) in [6.07, 6.45) is 0.950. The summed E-state index contributed by atoms with van der Waals surface area (Å²) in [4.78, 5) is 9.83. The third-order valence-electron chi connectivity index (χ3n) is 4.36. The van der Waals surface area contributed by atoms with E-state index in [-0.39, 0.29) is 5.54 Å². The second-order valence-electron chi connectivity index (χ2n) is 8.08. The average molecular weight is 307 g/mol. The van der Waals surface area contributed by atoms with Crippen LogP contribution in [0.4, 0.5) is 0 Å². The molecule has 1 aromatic rings. The number of likely N-dealkylation sites (N-methyl/N-ethyl adjacent to an activating group) is 1. The molecule has 1 aliphatic rings. The summed E-state index contributed by atoms with van der Waals surface area (Å²) in [6, 6.07) is 0.321. The van der Waals surface area contributed by atoms with E-state index in [0.29, 0.717) is 12.0 Å². The van der Waals surface area contributed by atoms with Crippen LogP contribution in [0.2, 0.25) is 0 Å². The van der Waals surface area contributed by atoms with Crippen LogP contribution in [0.5, 0.6) is 0 Å². The van der Waals surface area contributed by atoms with Crippen LogP contribution in [0.1, 0.15) is 59.2 Å². The molecule has 1 saturated heterocycles. The quantitative estimate of drug-likeness (QED) is 0.856. The smallest absolute Gasteiger partial charge is 0.151 e. The van der Waals surface area contributed by atoms with Gasteiger partial charge in [-0.2, -0.15) is 5.10 Å². The van der Waals surface area contributed by atoms with Gasteiger partial charge in [0.15, 0.2) is 5.82 Å². The molecule has 1 aliphatic heterocycles. The lowest BCUT2D eigenvalue weighted by Crippen LogP contribution is -2.46. The Bertz CT molecular complexity index is 478. The van der Waals surface area contributed by atoms with Crippen molar-refractivity contribution >= 4 is 0 Å². The fraction of sp³-hybridized carbons (Fsp3) is 0.882. The molecule has 5 nitrogen and oxygen atoms in total. The zero-order valence-electron chi connectivity index (χ0n) is 15.4. The summed E-state index contributed by atoms with van der Waals surface area (Å²) in [5.74, 6) is 2.69. The van der Waals surface area contributed by atoms with Gasteiger partial charge in [0.2, 0.25) is 0 Å². The van der Waals surface area contributed by atoms with Crippen LogP contribution in [0.25, 0.3) is 0 Å². The summed E-state index contributed by atoms with van der Waals surface area (Å²) in [6.45, 7) is 17.8. The Hall–Kier alpha value is -0.940. The van der Waals surface area contributed by atoms with Crippen LogP contribution in [0, 0.1) is 5.92 Å². The first-order valence-electron chi connectivity index (χ1n) is 8.57. The molecule has 1 aromatic heterocycles. The molecule has 0 bridgehead atoms. The van der Waals surface area contributed by atoms with Crippen LogP contribution in [-0.4, -0.2) is 57.8 Å². The van der Waals surface area contributed by atoms with Crippen molar-refractivity contribution < 1.29 is 0 Å². The molecule has 1 atom stereocenters. The minimum absolute atomic E-state index is 0.0294. The van der Waals surface area contributed by atoms with E-state index in [2.05, 4.69) is 63.1 Å². The highest BCUT2D eigenvalue weighted by Gasteiger charge is 2.29. The van der Waals surface area contributed by atoms with Crippen molar-refractivity contribution in [3.63, 3.8) is 0 Å². The zero-order valence-corrected chi connectivity index (χ0v) is 15.4. The molecular formula is C17H33N5. The van der Waals surface area contributed by atoms with Gasteiger partial charge < -0.3 is 4.90 Å². The Morgan fingerprint density at radius 1 is 1.05 bits per heavy atom. The molecule has 2 rings (SSSR count). The minimum atomic E-state index is -0.0294. The third kappa shape index (κ3) is 4.07. The third-order valence-corrected chi connectivity index (χ3v) is 4.36. The average Bonchev–Trinajstić information content (AvgIpc) is 2.82. The molecule has 0 aromatic carbocycles. The van der Waals surface area contributed by atoms with E-state index in [0.717, 1.165) is 44.2 Å². The minimum Gasteiger partial charge on any atom is -0.304 e. The molecule has 0 radical (unpaired) electrons. The summed E-state index contributed by atoms with van der Waals surface area (Å²) in [7, 11) is 2.19. The maximum Gasteiger partial charge on any atom is 0.151 e. The molecule has 1 fully saturated rings. The van der Waals surface area contributed by atoms with E-state index in [1.54, 1.807) is 0 Å². The van der Waals surface area contributed by atoms with E-state index >= 15 is 0 Å². The van der Waals surface area contributed by atoms with Gasteiger partial charge in [0.05, 0.1) is 11.6 Å². The first-order valence-corrected chi connectivity index (χ1v) is 8.57. The lowest BCUT2D eigenvalue weighted by molar-refractivity contribution is 0.110. The van der Waals surface area contributed by atoms with Gasteiger partial charge in [-0.3, -0.25) is 4.90 Å². The SMILES string of the molecule is CC(C)Cc1nc(C(C)N2CCN(C)CC2)n(C(C)(C)C)n1. The summed E-state index contributed by atoms with van der Waals surface area (Å²) in [5, 5.41) is 4.82. The van der Waals surface area contributed by atoms with Crippen molar-refractivity contribution in [3.8, 4) is 0 Å². The van der Waals surface area contributed by atoms with Gasteiger partial charge in [0.1, 0.15) is 5.82 Å². The summed E-state index contributed by atoms with van der Waals surface area (Å²) in [5.41, 5.74) is -0.0294. The Morgan fingerprint density at radius 2 is 1.64 bits per heavy atom. The van der Waals surface area contributed by atoms with E-state index < -0.39 is 0 Å². The first kappa shape index (κ1) is 17.4. The number of hydrogen-bond acceptors (Lipinski definition) is 4. The maximum absolute atomic E-state index is 4.91. The van der Waals surface area contributed by atoms with Crippen LogP contribution in [-0.2, 0) is 12.0 Å². The molecule has 0 aliphatic carbocycles. The van der Waals surface area contributed by atoms with Gasteiger partial charge in [0.25, 0.3) is 0 Å². The molecule has 0 saturated carbocycles. The largest absolute Gasteiger partial charge is 0.304 e. The number of nitrogens with zero attached hydrogens (tertiary/aromatic N) is 5. The molecule has 2 heterocycles. The molecule has 0 amide bonds. The molecule has 0 spiro atoms. The van der Waals surface area contributed by atoms with E-state index in [4.69, 9.17) is 10.1 Å². The fourth-order valence-electron chi connectivity index (χ4n) is 2.96. The Balaban J connectivity index is 2.25. The zero-order chi connectivity index (χ0) is 16.5. The van der Waals surface area contributed by atoms with Crippen molar-refractivity contribution in [3.05, 3.63) is 11.6 Å². The van der Waals surface area contributed by atoms with Gasteiger partial charge in [0, 0.05) is 32.6 Å². The summed E-state index contributed by atoms with van der Waals surface area (Å²) >= 11 is 0. The highest BCUT2D eigenvalue weighted by Crippen LogP contribution is 2.25. The molecule has 5 heteroatoms. The van der Waals surface area contributed by atoms with Gasteiger partial charge in [-0.15, -0.1) is 0 Å². The lowest BCUT2D eigenvalue weighted by atomic mass is 10.1. The Morgan fingerprint density at radius 3 is 2.14 bits per heavy atom. The highest BCUT2D eigenvalue weighted by molar-refractivity contribution is 5.03. The molecular weight excluding hydrogens is 274 g/mol. The van der Waals surface area contributed by atoms with Gasteiger partial charge in [-0.05, 0) is 40.7 Å². The Kier molecular flexibility index (Phi) is 5.28. The number of aromatic nitrogens is 3. The van der Waals surface area contributed by atoms with Crippen molar-refractivity contribution in [2.75, 3.05) is 33.2 Å². The van der Waals surface area contributed by atoms with Crippen LogP contribution >= 0.6 is 0 Å². The fourth-order valence-corrected chi connectivity index (χ4v) is 2.96. The van der Waals surface area contributed by atoms with Crippen molar-refractivity contribution in [1.29, 1.82) is 0 Å². The van der Waals surface area contributed by atoms with Crippen molar-refractivity contribution in [2.45, 2.75) is 59.5 Å². The number of piperazine rings is 1. The van der Waals surface area contributed by atoms with Crippen molar-refractivity contribution in [2.24, 2.45) is 5.92 Å². The molecule has 1 unspecified atom stereocenters. The highest BCUT2D eigenvalue weighted by atomic mass is 15.4. The predicted octanol–water partition coefficient (Wildman–Crippen LogP) is 2.54. The monoisotopic (exact) mass is 307 g/mol. The standard InChI is InChI=1S/C17H33N5/c1-13(2)12-15-18-16(22(19-15)17(4,5)6)14(3)21-10-8-20(7)9-11-21/h13-14H,8-12H2,1-7H3. The van der Waals surface area contributed by atoms with Gasteiger partial charge in [-0.1, -0.05) is 13.8 Å². The van der Waals surface area contributed by atoms with Crippen LogP contribution in [0.15, 0.2) is 0 Å². The van der Waals surface area contributed by atoms with E-state index in [9.17, 15) is 0 Å². The van der Waals surface area contributed by atoms with Gasteiger partial charge in [-0.25, -0.2) is 9.67 Å². The number of hydrogen-bond donors (Lipinski definition) is 0. The molecule has 0 N–H and O–H groups in total. The first-order chi connectivity index (χ1) is 10.2. The van der Waals surface area contributed by atoms with Crippen molar-refractivity contribution in [1.82, 2.24) is 24.6 Å². The topological polar surface area (TPSA) is 37.2 Å². The maximum atomic E-state index is 4.91. The normalized spacial score (nSPS) is 19.8. The van der Waals surface area contributed by atoms with Crippen LogP contribution in [0.3, 0.4) is 0 Å². The van der Waals surface area contributed by atoms with E-state index in [1.807, 2.05) is 0 Å². The second kappa shape index (κ2) is 6.67. The predicted molar refractivity (Wildman–Crippen MR) is 91.0 cm³/mol. The number of rotatable bonds is 4. The molecule has 22 heavy (non-hydrogen) atoms.